The smallest absolute Gasteiger partial charge is 0.229 e. The topological polar surface area (TPSA) is 79.2 Å². The summed E-state index contributed by atoms with van der Waals surface area (Å²) in [5.74, 6) is 0.147. The molecule has 1 heterocycles. The van der Waals surface area contributed by atoms with Crippen LogP contribution >= 0.6 is 0 Å². The minimum atomic E-state index is -1.60. The molecule has 4 aromatic rings. The van der Waals surface area contributed by atoms with Crippen molar-refractivity contribution in [3.8, 4) is 11.5 Å². The Morgan fingerprint density at radius 2 is 1.37 bits per heavy atom. The maximum Gasteiger partial charge on any atom is 0.229 e. The molecule has 5 atom stereocenters. The fourth-order valence-electron chi connectivity index (χ4n) is 7.80. The molecule has 4 aromatic carbocycles. The fraction of sp³-hybridized carbons (Fsp3) is 0.324. The molecule has 0 spiro atoms. The molecule has 1 aliphatic carbocycles. The van der Waals surface area contributed by atoms with Gasteiger partial charge in [0.2, 0.25) is 5.91 Å². The van der Waals surface area contributed by atoms with E-state index in [9.17, 15) is 15.0 Å². The van der Waals surface area contributed by atoms with Crippen LogP contribution in [0.1, 0.15) is 41.5 Å². The first-order valence-corrected chi connectivity index (χ1v) is 14.9. The van der Waals surface area contributed by atoms with E-state index in [1.165, 1.54) is 0 Å². The maximum absolute atomic E-state index is 14.3. The van der Waals surface area contributed by atoms with Gasteiger partial charge in [0, 0.05) is 30.0 Å². The third-order valence-corrected chi connectivity index (χ3v) is 9.94. The minimum absolute atomic E-state index is 0.0311. The van der Waals surface area contributed by atoms with Crippen LogP contribution in [0, 0.1) is 11.8 Å². The summed E-state index contributed by atoms with van der Waals surface area (Å²) < 4.78 is 11.1. The summed E-state index contributed by atoms with van der Waals surface area (Å²) in [6, 6.07) is 35.4. The molecule has 6 rings (SSSR count). The highest BCUT2D eigenvalue weighted by Crippen LogP contribution is 2.59. The molecule has 222 valence electrons. The first-order chi connectivity index (χ1) is 20.8. The van der Waals surface area contributed by atoms with Crippen molar-refractivity contribution in [1.29, 1.82) is 0 Å². The lowest BCUT2D eigenvalue weighted by Crippen LogP contribution is -2.60. The van der Waals surface area contributed by atoms with Gasteiger partial charge in [-0.05, 0) is 54.2 Å². The summed E-state index contributed by atoms with van der Waals surface area (Å²) in [4.78, 5) is 16.2. The van der Waals surface area contributed by atoms with Gasteiger partial charge in [-0.1, -0.05) is 91.0 Å². The Hall–Kier alpha value is -4.13. The number of amides is 1. The van der Waals surface area contributed by atoms with Crippen molar-refractivity contribution in [2.75, 3.05) is 27.3 Å². The van der Waals surface area contributed by atoms with Crippen LogP contribution in [-0.2, 0) is 15.8 Å². The molecule has 1 amide bonds. The van der Waals surface area contributed by atoms with Gasteiger partial charge in [0.05, 0.1) is 26.2 Å². The number of hydrogen-bond acceptors (Lipinski definition) is 5. The second-order valence-electron chi connectivity index (χ2n) is 11.9. The van der Waals surface area contributed by atoms with Crippen LogP contribution < -0.4 is 9.47 Å². The summed E-state index contributed by atoms with van der Waals surface area (Å²) in [5, 5.41) is 24.8. The summed E-state index contributed by atoms with van der Waals surface area (Å²) in [5.41, 5.74) is 1.31. The van der Waals surface area contributed by atoms with Gasteiger partial charge < -0.3 is 24.6 Å². The van der Waals surface area contributed by atoms with Crippen LogP contribution in [0.15, 0.2) is 109 Å². The second kappa shape index (κ2) is 11.5. The third-order valence-electron chi connectivity index (χ3n) is 9.94. The number of carbonyl (C=O) groups excluding carboxylic acids is 1. The number of hydrogen-bond donors (Lipinski definition) is 2. The van der Waals surface area contributed by atoms with Crippen LogP contribution in [-0.4, -0.2) is 54.4 Å². The van der Waals surface area contributed by atoms with Gasteiger partial charge in [0.15, 0.2) is 0 Å². The van der Waals surface area contributed by atoms with Gasteiger partial charge in [0.25, 0.3) is 0 Å². The molecule has 2 N–H and O–H groups in total. The minimum Gasteiger partial charge on any atom is -0.497 e. The van der Waals surface area contributed by atoms with E-state index in [1.807, 2.05) is 90.7 Å². The number of methoxy groups -OCH3 is 2. The second-order valence-corrected chi connectivity index (χ2v) is 11.9. The molecular formula is C37H39NO5. The van der Waals surface area contributed by atoms with Crippen molar-refractivity contribution >= 4 is 5.91 Å². The number of aliphatic hydroxyl groups is 2. The van der Waals surface area contributed by atoms with Crippen molar-refractivity contribution in [2.45, 2.75) is 36.4 Å². The van der Waals surface area contributed by atoms with E-state index < -0.39 is 29.0 Å². The zero-order valence-electron chi connectivity index (χ0n) is 24.9. The molecule has 6 heteroatoms. The molecule has 43 heavy (non-hydrogen) atoms. The number of nitrogens with zero attached hydrogens (tertiary/aromatic N) is 1. The number of aliphatic hydroxyl groups excluding tert-OH is 1. The lowest BCUT2D eigenvalue weighted by molar-refractivity contribution is -0.167. The van der Waals surface area contributed by atoms with Crippen molar-refractivity contribution in [1.82, 2.24) is 4.90 Å². The lowest BCUT2D eigenvalue weighted by atomic mass is 9.51. The highest BCUT2D eigenvalue weighted by atomic mass is 16.5. The summed E-state index contributed by atoms with van der Waals surface area (Å²) in [7, 11) is 3.21. The van der Waals surface area contributed by atoms with Crippen LogP contribution in [0.3, 0.4) is 0 Å². The SMILES string of the molecule is COc1cccc(C2(O)C(O)CC(c3ccccc3)(c3ccccc3)C3CN(C(=O)C(C)c4ccccc4OC)CC32)c1. The van der Waals surface area contributed by atoms with Crippen LogP contribution in [0.4, 0.5) is 0 Å². The normalized spacial score (nSPS) is 25.0. The number of benzene rings is 4. The van der Waals surface area contributed by atoms with E-state index in [4.69, 9.17) is 9.47 Å². The Morgan fingerprint density at radius 1 is 0.791 bits per heavy atom. The first-order valence-electron chi connectivity index (χ1n) is 14.9. The Balaban J connectivity index is 1.51. The molecule has 1 saturated heterocycles. The highest BCUT2D eigenvalue weighted by Gasteiger charge is 2.64. The zero-order chi connectivity index (χ0) is 30.2. The van der Waals surface area contributed by atoms with E-state index in [0.717, 1.165) is 16.7 Å². The molecule has 2 aliphatic rings. The fourth-order valence-corrected chi connectivity index (χ4v) is 7.80. The molecule has 1 aliphatic heterocycles. The number of carbonyl (C=O) groups is 1. The van der Waals surface area contributed by atoms with E-state index >= 15 is 0 Å². The van der Waals surface area contributed by atoms with E-state index in [1.54, 1.807) is 20.3 Å². The maximum atomic E-state index is 14.3. The van der Waals surface area contributed by atoms with Gasteiger partial charge in [-0.25, -0.2) is 0 Å². The Bertz CT molecular complexity index is 1530. The van der Waals surface area contributed by atoms with Crippen LogP contribution in [0.5, 0.6) is 11.5 Å². The summed E-state index contributed by atoms with van der Waals surface area (Å²) in [6.07, 6.45) is -0.817. The van der Waals surface area contributed by atoms with E-state index in [2.05, 4.69) is 24.3 Å². The number of rotatable bonds is 7. The number of likely N-dealkylation sites (tertiary alicyclic amines) is 1. The molecule has 0 aromatic heterocycles. The molecule has 6 nitrogen and oxygen atoms in total. The quantitative estimate of drug-likeness (QED) is 0.303. The first kappa shape index (κ1) is 29.0. The molecule has 0 radical (unpaired) electrons. The Labute approximate surface area is 253 Å². The average molecular weight is 578 g/mol. The zero-order valence-corrected chi connectivity index (χ0v) is 24.9. The monoisotopic (exact) mass is 577 g/mol. The molecule has 0 bridgehead atoms. The highest BCUT2D eigenvalue weighted by molar-refractivity contribution is 5.84. The molecular weight excluding hydrogens is 538 g/mol. The van der Waals surface area contributed by atoms with Gasteiger partial charge in [-0.15, -0.1) is 0 Å². The molecule has 5 unspecified atom stereocenters. The molecule has 1 saturated carbocycles. The van der Waals surface area contributed by atoms with Crippen LogP contribution in [0.25, 0.3) is 0 Å². The number of ether oxygens (including phenoxy) is 2. The van der Waals surface area contributed by atoms with Gasteiger partial charge >= 0.3 is 0 Å². The average Bonchev–Trinajstić information content (AvgIpc) is 3.53. The van der Waals surface area contributed by atoms with Crippen molar-refractivity contribution in [3.63, 3.8) is 0 Å². The van der Waals surface area contributed by atoms with Gasteiger partial charge in [-0.2, -0.15) is 0 Å². The number of para-hydroxylation sites is 1. The van der Waals surface area contributed by atoms with Gasteiger partial charge in [-0.3, -0.25) is 4.79 Å². The Kier molecular flexibility index (Phi) is 7.75. The lowest BCUT2D eigenvalue weighted by Gasteiger charge is -2.55. The van der Waals surface area contributed by atoms with E-state index in [0.29, 0.717) is 36.6 Å². The van der Waals surface area contributed by atoms with Crippen LogP contribution in [0.2, 0.25) is 0 Å². The summed E-state index contributed by atoms with van der Waals surface area (Å²) >= 11 is 0. The van der Waals surface area contributed by atoms with Gasteiger partial charge in [0.1, 0.15) is 17.1 Å². The summed E-state index contributed by atoms with van der Waals surface area (Å²) in [6.45, 7) is 2.65. The predicted octanol–water partition coefficient (Wildman–Crippen LogP) is 5.52. The standard InChI is InChI=1S/C37H39NO5/c1-25(30-19-10-11-20-33(30)43-3)35(40)38-23-31-32(24-38)37(41,28-17-12-18-29(21-28)42-2)34(39)22-36(31,26-13-6-4-7-14-26)27-15-8-5-9-16-27/h4-21,25,31-32,34,39,41H,22-24H2,1-3H3. The third kappa shape index (κ3) is 4.70. The van der Waals surface area contributed by atoms with E-state index in [-0.39, 0.29) is 11.8 Å². The number of fused-ring (bicyclic) bond motifs is 1. The predicted molar refractivity (Wildman–Crippen MR) is 166 cm³/mol. The Morgan fingerprint density at radius 3 is 2.00 bits per heavy atom. The largest absolute Gasteiger partial charge is 0.497 e. The van der Waals surface area contributed by atoms with Crippen molar-refractivity contribution < 1.29 is 24.5 Å². The molecule has 2 fully saturated rings. The van der Waals surface area contributed by atoms with Crippen molar-refractivity contribution in [3.05, 3.63) is 131 Å². The van der Waals surface area contributed by atoms with Crippen molar-refractivity contribution in [2.24, 2.45) is 11.8 Å².